The fraction of sp³-hybridized carbons (Fsp3) is 0.308. The highest BCUT2D eigenvalue weighted by Crippen LogP contribution is 2.34. The molecule has 0 bridgehead atoms. The van der Waals surface area contributed by atoms with Crippen LogP contribution in [0.5, 0.6) is 0 Å². The summed E-state index contributed by atoms with van der Waals surface area (Å²) in [4.78, 5) is 11.7. The first-order valence-electron chi connectivity index (χ1n) is 5.53. The summed E-state index contributed by atoms with van der Waals surface area (Å²) in [6, 6.07) is 7.91. The highest BCUT2D eigenvalue weighted by molar-refractivity contribution is 9.10. The van der Waals surface area contributed by atoms with Gasteiger partial charge in [0.1, 0.15) is 5.60 Å². The van der Waals surface area contributed by atoms with Crippen LogP contribution in [0.4, 0.5) is 9.80 Å². The molecule has 0 saturated carbocycles. The highest BCUT2D eigenvalue weighted by atomic mass is 79.9. The summed E-state index contributed by atoms with van der Waals surface area (Å²) >= 11 is 5.01. The van der Waals surface area contributed by atoms with E-state index in [1.807, 2.05) is 45.0 Å². The standard InChI is InChI=1S/C13H14BrNO2S/c1-13(2,3)17-12(16)15-11-7-8-9(14)5-4-6-10(8)18-11/h4-7H,1-3H3,(H,15,16). The maximum Gasteiger partial charge on any atom is 0.412 e. The average Bonchev–Trinajstić information content (AvgIpc) is 2.58. The smallest absolute Gasteiger partial charge is 0.412 e. The molecule has 18 heavy (non-hydrogen) atoms. The molecule has 1 aromatic heterocycles. The van der Waals surface area contributed by atoms with Crippen molar-refractivity contribution in [3.8, 4) is 0 Å². The van der Waals surface area contributed by atoms with Crippen molar-refractivity contribution in [2.75, 3.05) is 5.32 Å². The first-order chi connectivity index (χ1) is 8.35. The number of carbonyl (C=O) groups excluding carboxylic acids is 1. The van der Waals surface area contributed by atoms with E-state index in [4.69, 9.17) is 4.74 Å². The van der Waals surface area contributed by atoms with Crippen molar-refractivity contribution in [2.45, 2.75) is 26.4 Å². The molecule has 0 saturated heterocycles. The Labute approximate surface area is 118 Å². The monoisotopic (exact) mass is 327 g/mol. The summed E-state index contributed by atoms with van der Waals surface area (Å²) in [5.74, 6) is 0. The fourth-order valence-electron chi connectivity index (χ4n) is 1.49. The molecule has 2 rings (SSSR count). The summed E-state index contributed by atoms with van der Waals surface area (Å²) in [6.07, 6.45) is -0.426. The number of anilines is 1. The minimum atomic E-state index is -0.485. The van der Waals surface area contributed by atoms with E-state index in [2.05, 4.69) is 21.2 Å². The van der Waals surface area contributed by atoms with Crippen LogP contribution in [0.1, 0.15) is 20.8 Å². The van der Waals surface area contributed by atoms with Gasteiger partial charge in [-0.3, -0.25) is 5.32 Å². The molecular weight excluding hydrogens is 314 g/mol. The van der Waals surface area contributed by atoms with Crippen molar-refractivity contribution >= 4 is 48.4 Å². The fourth-order valence-corrected chi connectivity index (χ4v) is 3.08. The van der Waals surface area contributed by atoms with Crippen LogP contribution in [-0.4, -0.2) is 11.7 Å². The summed E-state index contributed by atoms with van der Waals surface area (Å²) in [7, 11) is 0. The Morgan fingerprint density at radius 3 is 2.72 bits per heavy atom. The van der Waals surface area contributed by atoms with Crippen LogP contribution in [0.2, 0.25) is 0 Å². The van der Waals surface area contributed by atoms with Crippen molar-refractivity contribution in [1.29, 1.82) is 0 Å². The number of ether oxygens (including phenoxy) is 1. The van der Waals surface area contributed by atoms with Crippen LogP contribution in [-0.2, 0) is 4.74 Å². The van der Waals surface area contributed by atoms with E-state index >= 15 is 0 Å². The van der Waals surface area contributed by atoms with E-state index in [0.717, 1.165) is 19.6 Å². The molecule has 0 spiro atoms. The molecule has 2 aromatic rings. The van der Waals surface area contributed by atoms with Gasteiger partial charge in [0.05, 0.1) is 5.00 Å². The van der Waals surface area contributed by atoms with Crippen LogP contribution in [0.3, 0.4) is 0 Å². The van der Waals surface area contributed by atoms with Gasteiger partial charge in [-0.15, -0.1) is 11.3 Å². The molecule has 3 nitrogen and oxygen atoms in total. The third-order valence-electron chi connectivity index (χ3n) is 2.13. The molecule has 0 aliphatic rings. The molecule has 1 N–H and O–H groups in total. The van der Waals surface area contributed by atoms with Crippen LogP contribution in [0.25, 0.3) is 10.1 Å². The summed E-state index contributed by atoms with van der Waals surface area (Å²) in [5, 5.41) is 4.63. The molecule has 96 valence electrons. The van der Waals surface area contributed by atoms with Crippen LogP contribution < -0.4 is 5.32 Å². The maximum atomic E-state index is 11.7. The summed E-state index contributed by atoms with van der Waals surface area (Å²) < 4.78 is 7.36. The van der Waals surface area contributed by atoms with Gasteiger partial charge in [-0.1, -0.05) is 22.0 Å². The molecule has 1 amide bonds. The number of halogens is 1. The Bertz CT molecular complexity index is 586. The molecule has 0 unspecified atom stereocenters. The summed E-state index contributed by atoms with van der Waals surface area (Å²) in [5.41, 5.74) is -0.485. The van der Waals surface area contributed by atoms with E-state index in [9.17, 15) is 4.79 Å². The van der Waals surface area contributed by atoms with E-state index < -0.39 is 11.7 Å². The zero-order valence-corrected chi connectivity index (χ0v) is 12.8. The molecular formula is C13H14BrNO2S. The van der Waals surface area contributed by atoms with Gasteiger partial charge in [0.15, 0.2) is 0 Å². The number of hydrogen-bond donors (Lipinski definition) is 1. The number of carbonyl (C=O) groups is 1. The lowest BCUT2D eigenvalue weighted by molar-refractivity contribution is 0.0636. The van der Waals surface area contributed by atoms with E-state index in [-0.39, 0.29) is 0 Å². The number of benzene rings is 1. The van der Waals surface area contributed by atoms with Gasteiger partial charge < -0.3 is 4.74 Å². The second-order valence-corrected chi connectivity index (χ2v) is 6.83. The normalized spacial score (nSPS) is 11.6. The van der Waals surface area contributed by atoms with Gasteiger partial charge in [-0.05, 0) is 39.0 Å². The third kappa shape index (κ3) is 3.23. The van der Waals surface area contributed by atoms with Crippen molar-refractivity contribution in [1.82, 2.24) is 0 Å². The lowest BCUT2D eigenvalue weighted by Crippen LogP contribution is -2.26. The van der Waals surface area contributed by atoms with E-state index in [0.29, 0.717) is 0 Å². The van der Waals surface area contributed by atoms with Crippen LogP contribution >= 0.6 is 27.3 Å². The quantitative estimate of drug-likeness (QED) is 0.799. The third-order valence-corrected chi connectivity index (χ3v) is 3.84. The molecule has 1 aromatic carbocycles. The Morgan fingerprint density at radius 2 is 2.11 bits per heavy atom. The molecule has 5 heteroatoms. The molecule has 0 radical (unpaired) electrons. The minimum Gasteiger partial charge on any atom is -0.444 e. The van der Waals surface area contributed by atoms with Crippen LogP contribution in [0, 0.1) is 0 Å². The van der Waals surface area contributed by atoms with Gasteiger partial charge in [0.2, 0.25) is 0 Å². The van der Waals surface area contributed by atoms with E-state index in [1.165, 1.54) is 11.3 Å². The van der Waals surface area contributed by atoms with Gasteiger partial charge in [-0.25, -0.2) is 4.79 Å². The zero-order chi connectivity index (χ0) is 13.3. The Hall–Kier alpha value is -1.07. The molecule has 1 heterocycles. The number of amides is 1. The van der Waals surface area contributed by atoms with Gasteiger partial charge in [0, 0.05) is 14.6 Å². The highest BCUT2D eigenvalue weighted by Gasteiger charge is 2.17. The van der Waals surface area contributed by atoms with Crippen LogP contribution in [0.15, 0.2) is 28.7 Å². The van der Waals surface area contributed by atoms with Crippen molar-refractivity contribution in [3.63, 3.8) is 0 Å². The minimum absolute atomic E-state index is 0.426. The Kier molecular flexibility index (Phi) is 3.64. The SMILES string of the molecule is CC(C)(C)OC(=O)Nc1cc2c(Br)cccc2s1. The van der Waals surface area contributed by atoms with Gasteiger partial charge in [-0.2, -0.15) is 0 Å². The number of nitrogens with one attached hydrogen (secondary N) is 1. The summed E-state index contributed by atoms with van der Waals surface area (Å²) in [6.45, 7) is 5.52. The van der Waals surface area contributed by atoms with E-state index in [1.54, 1.807) is 0 Å². The zero-order valence-electron chi connectivity index (χ0n) is 10.4. The lowest BCUT2D eigenvalue weighted by Gasteiger charge is -2.19. The molecule has 0 aliphatic heterocycles. The molecule has 0 atom stereocenters. The number of hydrogen-bond acceptors (Lipinski definition) is 3. The van der Waals surface area contributed by atoms with Gasteiger partial charge in [0.25, 0.3) is 0 Å². The van der Waals surface area contributed by atoms with Crippen molar-refractivity contribution in [3.05, 3.63) is 28.7 Å². The largest absolute Gasteiger partial charge is 0.444 e. The number of fused-ring (bicyclic) bond motifs is 1. The second kappa shape index (κ2) is 4.90. The average molecular weight is 328 g/mol. The van der Waals surface area contributed by atoms with Gasteiger partial charge >= 0.3 is 6.09 Å². The first-order valence-corrected chi connectivity index (χ1v) is 7.14. The first kappa shape index (κ1) is 13.4. The Balaban J connectivity index is 2.18. The second-order valence-electron chi connectivity index (χ2n) is 4.89. The number of thiophene rings is 1. The molecule has 0 aliphatic carbocycles. The predicted molar refractivity (Wildman–Crippen MR) is 79.4 cm³/mol. The Morgan fingerprint density at radius 1 is 1.39 bits per heavy atom. The predicted octanol–water partition coefficient (Wildman–Crippen LogP) is 5.01. The topological polar surface area (TPSA) is 38.3 Å². The number of rotatable bonds is 1. The maximum absolute atomic E-state index is 11.7. The van der Waals surface area contributed by atoms with Crippen molar-refractivity contribution in [2.24, 2.45) is 0 Å². The lowest BCUT2D eigenvalue weighted by atomic mass is 10.2. The van der Waals surface area contributed by atoms with Crippen molar-refractivity contribution < 1.29 is 9.53 Å². The molecule has 0 fully saturated rings.